The van der Waals surface area contributed by atoms with Crippen molar-refractivity contribution in [1.82, 2.24) is 4.90 Å². The molecule has 0 aliphatic heterocycles. The van der Waals surface area contributed by atoms with Crippen LogP contribution in [-0.2, 0) is 4.79 Å². The molecule has 1 amide bonds. The summed E-state index contributed by atoms with van der Waals surface area (Å²) in [7, 11) is 0. The molecule has 0 fully saturated rings. The van der Waals surface area contributed by atoms with Gasteiger partial charge >= 0.3 is 0 Å². The minimum atomic E-state index is -0.0470. The minimum absolute atomic E-state index is 0.0470. The lowest BCUT2D eigenvalue weighted by molar-refractivity contribution is -0.124. The smallest absolute Gasteiger partial charge is 0.250 e. The lowest BCUT2D eigenvalue weighted by Gasteiger charge is -2.20. The van der Waals surface area contributed by atoms with Gasteiger partial charge in [-0.3, -0.25) is 4.79 Å². The Balaban J connectivity index is 4.40. The molecular formula is C9H16N2O. The maximum Gasteiger partial charge on any atom is 0.250 e. The van der Waals surface area contributed by atoms with E-state index in [1.54, 1.807) is 17.2 Å². The third kappa shape index (κ3) is 3.23. The number of allylic oxidation sites excluding steroid dienone is 1. The molecule has 3 nitrogen and oxygen atoms in total. The maximum absolute atomic E-state index is 11.3. The van der Waals surface area contributed by atoms with Gasteiger partial charge in [-0.05, 0) is 26.8 Å². The lowest BCUT2D eigenvalue weighted by Crippen LogP contribution is -2.30. The fraction of sp³-hybridized carbons (Fsp3) is 0.444. The summed E-state index contributed by atoms with van der Waals surface area (Å²) in [6.45, 7) is 5.67. The highest BCUT2D eigenvalue weighted by Gasteiger charge is 2.09. The summed E-state index contributed by atoms with van der Waals surface area (Å²) in [4.78, 5) is 12.9. The van der Waals surface area contributed by atoms with Gasteiger partial charge in [-0.2, -0.15) is 0 Å². The van der Waals surface area contributed by atoms with E-state index in [0.29, 0.717) is 0 Å². The van der Waals surface area contributed by atoms with Gasteiger partial charge in [0, 0.05) is 18.4 Å². The molecule has 0 aromatic carbocycles. The number of carbonyl (C=O) groups is 1. The van der Waals surface area contributed by atoms with Crippen LogP contribution in [0.1, 0.15) is 20.8 Å². The van der Waals surface area contributed by atoms with Gasteiger partial charge in [0.15, 0.2) is 0 Å². The molecule has 0 spiro atoms. The standard InChI is InChI=1S/C9H16N2O/c1-4-5-9(12)11(7-6-10)8(2)3/h4-8H,10H2,1-3H3/b5-4-,7-6-. The Hall–Kier alpha value is -1.25. The molecule has 0 saturated carbocycles. The minimum Gasteiger partial charge on any atom is -0.403 e. The van der Waals surface area contributed by atoms with Crippen molar-refractivity contribution >= 4 is 5.91 Å². The van der Waals surface area contributed by atoms with Crippen LogP contribution < -0.4 is 5.73 Å². The second kappa shape index (κ2) is 5.41. The fourth-order valence-electron chi connectivity index (χ4n) is 0.821. The summed E-state index contributed by atoms with van der Waals surface area (Å²) in [6, 6.07) is 0.133. The first kappa shape index (κ1) is 10.8. The summed E-state index contributed by atoms with van der Waals surface area (Å²) in [5.41, 5.74) is 5.20. The first-order valence-electron chi connectivity index (χ1n) is 3.96. The van der Waals surface area contributed by atoms with Crippen LogP contribution in [0, 0.1) is 0 Å². The van der Waals surface area contributed by atoms with Gasteiger partial charge in [0.2, 0.25) is 5.91 Å². The summed E-state index contributed by atoms with van der Waals surface area (Å²) < 4.78 is 0. The Morgan fingerprint density at radius 1 is 1.50 bits per heavy atom. The number of nitrogens with zero attached hydrogens (tertiary/aromatic N) is 1. The van der Waals surface area contributed by atoms with Gasteiger partial charge in [0.1, 0.15) is 0 Å². The first-order valence-corrected chi connectivity index (χ1v) is 3.96. The SMILES string of the molecule is C/C=C\C(=O)N(/C=C\N)C(C)C. The largest absolute Gasteiger partial charge is 0.403 e. The highest BCUT2D eigenvalue weighted by atomic mass is 16.2. The van der Waals surface area contributed by atoms with Crippen LogP contribution >= 0.6 is 0 Å². The summed E-state index contributed by atoms with van der Waals surface area (Å²) >= 11 is 0. The highest BCUT2D eigenvalue weighted by Crippen LogP contribution is 2.00. The van der Waals surface area contributed by atoms with Gasteiger partial charge in [0.05, 0.1) is 0 Å². The molecule has 68 valence electrons. The molecule has 0 saturated heterocycles. The van der Waals surface area contributed by atoms with Crippen LogP contribution in [0.5, 0.6) is 0 Å². The number of carbonyl (C=O) groups excluding carboxylic acids is 1. The van der Waals surface area contributed by atoms with E-state index in [9.17, 15) is 4.79 Å². The highest BCUT2D eigenvalue weighted by molar-refractivity contribution is 5.88. The molecule has 0 aliphatic carbocycles. The second-order valence-electron chi connectivity index (χ2n) is 2.68. The van der Waals surface area contributed by atoms with E-state index >= 15 is 0 Å². The Bertz CT molecular complexity index is 195. The number of nitrogens with two attached hydrogens (primary N) is 1. The van der Waals surface area contributed by atoms with Crippen LogP contribution in [0.4, 0.5) is 0 Å². The zero-order chi connectivity index (χ0) is 9.56. The predicted molar refractivity (Wildman–Crippen MR) is 50.1 cm³/mol. The number of rotatable bonds is 3. The fourth-order valence-corrected chi connectivity index (χ4v) is 0.821. The van der Waals surface area contributed by atoms with E-state index < -0.39 is 0 Å². The van der Waals surface area contributed by atoms with E-state index in [1.165, 1.54) is 12.3 Å². The molecule has 12 heavy (non-hydrogen) atoms. The molecule has 0 bridgehead atoms. The molecule has 0 rings (SSSR count). The van der Waals surface area contributed by atoms with Crippen molar-refractivity contribution in [1.29, 1.82) is 0 Å². The molecule has 0 aliphatic rings. The molecule has 0 aromatic heterocycles. The van der Waals surface area contributed by atoms with Crippen LogP contribution in [0.3, 0.4) is 0 Å². The van der Waals surface area contributed by atoms with Crippen molar-refractivity contribution in [3.63, 3.8) is 0 Å². The van der Waals surface area contributed by atoms with E-state index in [0.717, 1.165) is 0 Å². The zero-order valence-electron chi connectivity index (χ0n) is 7.82. The Kier molecular flexibility index (Phi) is 4.84. The molecule has 3 heteroatoms. The second-order valence-corrected chi connectivity index (χ2v) is 2.68. The molecule has 0 aromatic rings. The van der Waals surface area contributed by atoms with Crippen molar-refractivity contribution in [3.05, 3.63) is 24.6 Å². The molecule has 0 unspecified atom stereocenters. The average molecular weight is 168 g/mol. The van der Waals surface area contributed by atoms with Gasteiger partial charge in [-0.25, -0.2) is 0 Å². The Morgan fingerprint density at radius 2 is 2.08 bits per heavy atom. The van der Waals surface area contributed by atoms with Gasteiger partial charge < -0.3 is 10.6 Å². The summed E-state index contributed by atoms with van der Waals surface area (Å²) in [6.07, 6.45) is 6.16. The van der Waals surface area contributed by atoms with Crippen LogP contribution in [0.2, 0.25) is 0 Å². The van der Waals surface area contributed by atoms with Crippen molar-refractivity contribution in [3.8, 4) is 0 Å². The van der Waals surface area contributed by atoms with Gasteiger partial charge in [-0.1, -0.05) is 6.08 Å². The third-order valence-corrected chi connectivity index (χ3v) is 1.37. The molecule has 2 N–H and O–H groups in total. The maximum atomic E-state index is 11.3. The molecule has 0 heterocycles. The normalized spacial score (nSPS) is 11.7. The summed E-state index contributed by atoms with van der Waals surface area (Å²) in [5.74, 6) is -0.0470. The molecule has 0 radical (unpaired) electrons. The summed E-state index contributed by atoms with van der Waals surface area (Å²) in [5, 5.41) is 0. The van der Waals surface area contributed by atoms with Crippen molar-refractivity contribution < 1.29 is 4.79 Å². The van der Waals surface area contributed by atoms with Gasteiger partial charge in [-0.15, -0.1) is 0 Å². The van der Waals surface area contributed by atoms with Gasteiger partial charge in [0.25, 0.3) is 0 Å². The molecular weight excluding hydrogens is 152 g/mol. The van der Waals surface area contributed by atoms with E-state index in [2.05, 4.69) is 0 Å². The predicted octanol–water partition coefficient (Wildman–Crippen LogP) is 1.23. The number of amides is 1. The van der Waals surface area contributed by atoms with Crippen LogP contribution in [-0.4, -0.2) is 16.8 Å². The van der Waals surface area contributed by atoms with Crippen molar-refractivity contribution in [2.45, 2.75) is 26.8 Å². The van der Waals surface area contributed by atoms with E-state index in [4.69, 9.17) is 5.73 Å². The van der Waals surface area contributed by atoms with Crippen LogP contribution in [0.25, 0.3) is 0 Å². The average Bonchev–Trinajstić information content (AvgIpc) is 1.99. The zero-order valence-corrected chi connectivity index (χ0v) is 7.82. The number of hydrogen-bond donors (Lipinski definition) is 1. The van der Waals surface area contributed by atoms with E-state index in [-0.39, 0.29) is 11.9 Å². The first-order chi connectivity index (χ1) is 5.63. The van der Waals surface area contributed by atoms with Crippen molar-refractivity contribution in [2.75, 3.05) is 0 Å². The number of hydrogen-bond acceptors (Lipinski definition) is 2. The monoisotopic (exact) mass is 168 g/mol. The topological polar surface area (TPSA) is 46.3 Å². The quantitative estimate of drug-likeness (QED) is 0.644. The third-order valence-electron chi connectivity index (χ3n) is 1.37. The molecule has 0 atom stereocenters. The van der Waals surface area contributed by atoms with Crippen molar-refractivity contribution in [2.24, 2.45) is 5.73 Å². The van der Waals surface area contributed by atoms with E-state index in [1.807, 2.05) is 20.8 Å². The lowest BCUT2D eigenvalue weighted by atomic mass is 10.3. The Labute approximate surface area is 73.5 Å². The van der Waals surface area contributed by atoms with Crippen LogP contribution in [0.15, 0.2) is 24.6 Å². The Morgan fingerprint density at radius 3 is 2.42 bits per heavy atom.